The van der Waals surface area contributed by atoms with Crippen LogP contribution in [-0.4, -0.2) is 48.7 Å². The molecule has 0 radical (unpaired) electrons. The second-order valence-corrected chi connectivity index (χ2v) is 6.62. The molecule has 2 rings (SSSR count). The molecule has 1 N–H and O–H groups in total. The van der Waals surface area contributed by atoms with E-state index in [0.29, 0.717) is 23.6 Å². The van der Waals surface area contributed by atoms with Gasteiger partial charge < -0.3 is 15.0 Å². The van der Waals surface area contributed by atoms with Crippen LogP contribution in [0.4, 0.5) is 0 Å². The molecule has 1 saturated heterocycles. The zero-order valence-corrected chi connectivity index (χ0v) is 14.2. The summed E-state index contributed by atoms with van der Waals surface area (Å²) in [6.45, 7) is 11.0. The molecule has 0 bridgehead atoms. The Balaban J connectivity index is 1.87. The minimum atomic E-state index is 0.213. The van der Waals surface area contributed by atoms with Crippen LogP contribution in [0.2, 0.25) is 0 Å². The molecule has 21 heavy (non-hydrogen) atoms. The first-order valence-corrected chi connectivity index (χ1v) is 8.70. The van der Waals surface area contributed by atoms with Gasteiger partial charge in [-0.2, -0.15) is 0 Å². The van der Waals surface area contributed by atoms with Gasteiger partial charge in [-0.25, -0.2) is 0 Å². The number of likely N-dealkylation sites (tertiary alicyclic amines) is 1. The Labute approximate surface area is 129 Å². The molecule has 1 aliphatic heterocycles. The lowest BCUT2D eigenvalue weighted by Gasteiger charge is -2.57. The van der Waals surface area contributed by atoms with E-state index >= 15 is 0 Å². The molecule has 2 aliphatic rings. The molecule has 0 spiro atoms. The van der Waals surface area contributed by atoms with E-state index in [2.05, 4.69) is 26.1 Å². The summed E-state index contributed by atoms with van der Waals surface area (Å²) < 4.78 is 5.95. The third-order valence-corrected chi connectivity index (χ3v) is 5.85. The summed E-state index contributed by atoms with van der Waals surface area (Å²) >= 11 is 0. The van der Waals surface area contributed by atoms with E-state index in [0.717, 1.165) is 39.0 Å². The predicted molar refractivity (Wildman–Crippen MR) is 85.2 cm³/mol. The Morgan fingerprint density at radius 2 is 1.86 bits per heavy atom. The second-order valence-electron chi connectivity index (χ2n) is 6.62. The number of carbonyl (C=O) groups is 1. The van der Waals surface area contributed by atoms with E-state index in [1.807, 2.05) is 4.90 Å². The molecule has 1 aliphatic carbocycles. The predicted octanol–water partition coefficient (Wildman–Crippen LogP) is 2.57. The largest absolute Gasteiger partial charge is 0.378 e. The van der Waals surface area contributed by atoms with Gasteiger partial charge in [0.2, 0.25) is 5.91 Å². The average Bonchev–Trinajstić information content (AvgIpc) is 2.48. The topological polar surface area (TPSA) is 41.6 Å². The van der Waals surface area contributed by atoms with Crippen LogP contribution >= 0.6 is 0 Å². The van der Waals surface area contributed by atoms with Crippen LogP contribution in [0.3, 0.4) is 0 Å². The fourth-order valence-corrected chi connectivity index (χ4v) is 4.26. The fourth-order valence-electron chi connectivity index (χ4n) is 4.26. The molecular weight excluding hydrogens is 264 g/mol. The number of carbonyl (C=O) groups excluding carboxylic acids is 1. The highest BCUT2D eigenvalue weighted by molar-refractivity contribution is 5.73. The molecule has 4 heteroatoms. The lowest BCUT2D eigenvalue weighted by molar-refractivity contribution is -0.141. The van der Waals surface area contributed by atoms with Crippen molar-refractivity contribution in [2.45, 2.75) is 78.0 Å². The SMILES string of the molecule is CCO[C@@H]1C[C@H](NC2CCN(C(C)=O)CC2)C1(CC)CC. The Morgan fingerprint density at radius 3 is 2.33 bits per heavy atom. The fraction of sp³-hybridized carbons (Fsp3) is 0.941. The van der Waals surface area contributed by atoms with E-state index in [9.17, 15) is 4.79 Å². The molecule has 0 aromatic rings. The van der Waals surface area contributed by atoms with E-state index < -0.39 is 0 Å². The van der Waals surface area contributed by atoms with Crippen LogP contribution in [0, 0.1) is 5.41 Å². The highest BCUT2D eigenvalue weighted by Gasteiger charge is 2.53. The maximum Gasteiger partial charge on any atom is 0.219 e. The summed E-state index contributed by atoms with van der Waals surface area (Å²) in [7, 11) is 0. The zero-order valence-electron chi connectivity index (χ0n) is 14.2. The third kappa shape index (κ3) is 3.26. The van der Waals surface area contributed by atoms with Crippen LogP contribution in [0.1, 0.15) is 59.8 Å². The van der Waals surface area contributed by atoms with Gasteiger partial charge in [-0.05, 0) is 39.0 Å². The molecule has 2 atom stereocenters. The summed E-state index contributed by atoms with van der Waals surface area (Å²) in [5, 5.41) is 3.88. The molecule has 122 valence electrons. The van der Waals surface area contributed by atoms with Crippen molar-refractivity contribution in [2.24, 2.45) is 5.41 Å². The second kappa shape index (κ2) is 7.10. The lowest BCUT2D eigenvalue weighted by Crippen LogP contribution is -2.65. The lowest BCUT2D eigenvalue weighted by atomic mass is 9.58. The van der Waals surface area contributed by atoms with Gasteiger partial charge in [0.15, 0.2) is 0 Å². The first-order valence-electron chi connectivity index (χ1n) is 8.70. The quantitative estimate of drug-likeness (QED) is 0.819. The summed E-state index contributed by atoms with van der Waals surface area (Å²) in [6, 6.07) is 1.14. The molecule has 0 aromatic heterocycles. The van der Waals surface area contributed by atoms with Crippen molar-refractivity contribution in [1.29, 1.82) is 0 Å². The van der Waals surface area contributed by atoms with Crippen LogP contribution in [-0.2, 0) is 9.53 Å². The van der Waals surface area contributed by atoms with Crippen LogP contribution in [0.5, 0.6) is 0 Å². The van der Waals surface area contributed by atoms with Crippen LogP contribution < -0.4 is 5.32 Å². The molecule has 1 amide bonds. The third-order valence-electron chi connectivity index (χ3n) is 5.85. The summed E-state index contributed by atoms with van der Waals surface area (Å²) in [4.78, 5) is 13.4. The normalized spacial score (nSPS) is 29.2. The molecule has 4 nitrogen and oxygen atoms in total. The maximum atomic E-state index is 11.4. The molecular formula is C17H32N2O2. The van der Waals surface area contributed by atoms with Crippen molar-refractivity contribution in [3.63, 3.8) is 0 Å². The summed E-state index contributed by atoms with van der Waals surface area (Å²) in [6.07, 6.45) is 6.09. The van der Waals surface area contributed by atoms with Gasteiger partial charge in [-0.3, -0.25) is 4.79 Å². The minimum absolute atomic E-state index is 0.213. The molecule has 1 heterocycles. The van der Waals surface area contributed by atoms with Gasteiger partial charge in [0.1, 0.15) is 0 Å². The molecule has 1 saturated carbocycles. The first kappa shape index (κ1) is 16.8. The van der Waals surface area contributed by atoms with Crippen molar-refractivity contribution in [3.05, 3.63) is 0 Å². The van der Waals surface area contributed by atoms with E-state index in [1.54, 1.807) is 6.92 Å². The van der Waals surface area contributed by atoms with Gasteiger partial charge in [0, 0.05) is 44.1 Å². The van der Waals surface area contributed by atoms with Crippen LogP contribution in [0.15, 0.2) is 0 Å². The highest BCUT2D eigenvalue weighted by Crippen LogP contribution is 2.49. The Morgan fingerprint density at radius 1 is 1.24 bits per heavy atom. The van der Waals surface area contributed by atoms with Gasteiger partial charge in [-0.15, -0.1) is 0 Å². The highest BCUT2D eigenvalue weighted by atomic mass is 16.5. The van der Waals surface area contributed by atoms with Crippen molar-refractivity contribution < 1.29 is 9.53 Å². The number of amides is 1. The number of piperidine rings is 1. The molecule has 0 aromatic carbocycles. The number of nitrogens with one attached hydrogen (secondary N) is 1. The van der Waals surface area contributed by atoms with Gasteiger partial charge >= 0.3 is 0 Å². The number of nitrogens with zero attached hydrogens (tertiary/aromatic N) is 1. The average molecular weight is 296 g/mol. The Bertz CT molecular complexity index is 347. The minimum Gasteiger partial charge on any atom is -0.378 e. The number of ether oxygens (including phenoxy) is 1. The van der Waals surface area contributed by atoms with E-state index in [4.69, 9.17) is 4.74 Å². The number of rotatable bonds is 6. The van der Waals surface area contributed by atoms with Crippen molar-refractivity contribution in [3.8, 4) is 0 Å². The van der Waals surface area contributed by atoms with Gasteiger partial charge in [0.25, 0.3) is 0 Å². The summed E-state index contributed by atoms with van der Waals surface area (Å²) in [5.41, 5.74) is 0.313. The molecule has 0 unspecified atom stereocenters. The Kier molecular flexibility index (Phi) is 5.67. The Hall–Kier alpha value is -0.610. The molecule has 2 fully saturated rings. The first-order chi connectivity index (χ1) is 10.1. The van der Waals surface area contributed by atoms with Crippen molar-refractivity contribution in [1.82, 2.24) is 10.2 Å². The monoisotopic (exact) mass is 296 g/mol. The zero-order chi connectivity index (χ0) is 15.5. The number of hydrogen-bond acceptors (Lipinski definition) is 3. The smallest absolute Gasteiger partial charge is 0.219 e. The van der Waals surface area contributed by atoms with Gasteiger partial charge in [0.05, 0.1) is 6.10 Å². The van der Waals surface area contributed by atoms with E-state index in [1.165, 1.54) is 12.8 Å². The van der Waals surface area contributed by atoms with Gasteiger partial charge in [-0.1, -0.05) is 13.8 Å². The summed E-state index contributed by atoms with van der Waals surface area (Å²) in [5.74, 6) is 0.213. The van der Waals surface area contributed by atoms with Crippen LogP contribution in [0.25, 0.3) is 0 Å². The standard InChI is InChI=1S/C17H32N2O2/c1-5-17(6-2)15(12-16(17)21-7-3)18-14-8-10-19(11-9-14)13(4)20/h14-16,18H,5-12H2,1-4H3/t15-,16+/m0/s1. The van der Waals surface area contributed by atoms with Crippen molar-refractivity contribution in [2.75, 3.05) is 19.7 Å². The van der Waals surface area contributed by atoms with E-state index in [-0.39, 0.29) is 5.91 Å². The number of hydrogen-bond donors (Lipinski definition) is 1. The van der Waals surface area contributed by atoms with Crippen molar-refractivity contribution >= 4 is 5.91 Å². The maximum absolute atomic E-state index is 11.4.